The Morgan fingerprint density at radius 1 is 0.893 bits per heavy atom. The molecule has 3 aromatic carbocycles. The molecular weight excluding hydrogens is 353 g/mol. The first-order valence-corrected chi connectivity index (χ1v) is 9.02. The van der Waals surface area contributed by atoms with Gasteiger partial charge < -0.3 is 0 Å². The minimum absolute atomic E-state index is 0.176. The molecule has 0 fully saturated rings. The zero-order chi connectivity index (χ0) is 19.1. The first kappa shape index (κ1) is 16.4. The molecule has 0 aliphatic carbocycles. The second-order valence-corrected chi connectivity index (χ2v) is 6.70. The van der Waals surface area contributed by atoms with Crippen LogP contribution in [0.4, 0.5) is 10.1 Å². The average Bonchev–Trinajstić information content (AvgIpc) is 3.28. The zero-order valence-electron chi connectivity index (χ0n) is 14.8. The molecule has 0 saturated carbocycles. The molecule has 5 heteroatoms. The number of halogens is 1. The minimum atomic E-state index is -0.463. The first-order chi connectivity index (χ1) is 13.7. The van der Waals surface area contributed by atoms with Gasteiger partial charge in [0.15, 0.2) is 0 Å². The quantitative estimate of drug-likeness (QED) is 0.554. The van der Waals surface area contributed by atoms with Crippen molar-refractivity contribution in [2.24, 2.45) is 0 Å². The summed E-state index contributed by atoms with van der Waals surface area (Å²) in [5, 5.41) is 7.33. The monoisotopic (exact) mass is 369 g/mol. The van der Waals surface area contributed by atoms with Crippen molar-refractivity contribution in [3.63, 3.8) is 0 Å². The van der Waals surface area contributed by atoms with E-state index in [0.717, 1.165) is 16.8 Å². The van der Waals surface area contributed by atoms with Gasteiger partial charge in [0.2, 0.25) is 0 Å². The van der Waals surface area contributed by atoms with Crippen LogP contribution < -0.4 is 4.90 Å². The Balaban J connectivity index is 1.75. The lowest BCUT2D eigenvalue weighted by molar-refractivity contribution is 0.0988. The molecule has 0 radical (unpaired) electrons. The summed E-state index contributed by atoms with van der Waals surface area (Å²) in [7, 11) is 0. The molecule has 0 unspecified atom stereocenters. The van der Waals surface area contributed by atoms with E-state index in [4.69, 9.17) is 0 Å². The number of hydrogen-bond acceptors (Lipinski definition) is 2. The Morgan fingerprint density at radius 3 is 2.32 bits per heavy atom. The molecule has 2 heterocycles. The number of H-pyrrole nitrogens is 1. The molecule has 28 heavy (non-hydrogen) atoms. The van der Waals surface area contributed by atoms with E-state index in [0.29, 0.717) is 17.0 Å². The van der Waals surface area contributed by atoms with Gasteiger partial charge in [-0.15, -0.1) is 0 Å². The van der Waals surface area contributed by atoms with Crippen LogP contribution in [-0.2, 0) is 0 Å². The number of hydrogen-bond donors (Lipinski definition) is 1. The number of fused-ring (bicyclic) bond motifs is 1. The van der Waals surface area contributed by atoms with Gasteiger partial charge in [-0.05, 0) is 29.8 Å². The van der Waals surface area contributed by atoms with Crippen LogP contribution in [0.15, 0.2) is 84.9 Å². The van der Waals surface area contributed by atoms with Crippen molar-refractivity contribution in [2.45, 2.75) is 6.04 Å². The summed E-state index contributed by atoms with van der Waals surface area (Å²) in [5.74, 6) is -0.513. The van der Waals surface area contributed by atoms with E-state index in [1.807, 2.05) is 66.7 Å². The standard InChI is InChI=1S/C23H16FN3O/c24-17-11-7-10-16(14-17)22-19-20(15-8-3-1-4-9-15)25-26-21(19)23(28)27(22)18-12-5-2-6-13-18/h1-14,22H,(H,25,26)/t22-/m1/s1. The van der Waals surface area contributed by atoms with Crippen molar-refractivity contribution in [1.82, 2.24) is 10.2 Å². The zero-order valence-corrected chi connectivity index (χ0v) is 14.8. The molecule has 4 nitrogen and oxygen atoms in total. The Bertz CT molecular complexity index is 1150. The van der Waals surface area contributed by atoms with Crippen molar-refractivity contribution in [3.8, 4) is 11.3 Å². The highest BCUT2D eigenvalue weighted by atomic mass is 19.1. The Morgan fingerprint density at radius 2 is 1.61 bits per heavy atom. The lowest BCUT2D eigenvalue weighted by Crippen LogP contribution is -2.29. The van der Waals surface area contributed by atoms with Crippen molar-refractivity contribution in [2.75, 3.05) is 4.90 Å². The molecule has 1 aliphatic heterocycles. The third-order valence-electron chi connectivity index (χ3n) is 5.01. The molecule has 4 aromatic rings. The number of amides is 1. The number of carbonyl (C=O) groups is 1. The van der Waals surface area contributed by atoms with Gasteiger partial charge in [-0.25, -0.2) is 4.39 Å². The smallest absolute Gasteiger partial charge is 0.277 e. The molecule has 0 saturated heterocycles. The number of nitrogens with zero attached hydrogens (tertiary/aromatic N) is 2. The highest BCUT2D eigenvalue weighted by Crippen LogP contribution is 2.44. The predicted octanol–water partition coefficient (Wildman–Crippen LogP) is 4.97. The summed E-state index contributed by atoms with van der Waals surface area (Å²) in [6.45, 7) is 0. The summed E-state index contributed by atoms with van der Waals surface area (Å²) in [4.78, 5) is 15.0. The van der Waals surface area contributed by atoms with Gasteiger partial charge in [0.05, 0.1) is 11.7 Å². The van der Waals surface area contributed by atoms with Gasteiger partial charge in [0.1, 0.15) is 11.5 Å². The Hall–Kier alpha value is -3.73. The first-order valence-electron chi connectivity index (χ1n) is 9.02. The molecule has 0 bridgehead atoms. The Labute approximate surface area is 161 Å². The van der Waals surface area contributed by atoms with Crippen molar-refractivity contribution in [1.29, 1.82) is 0 Å². The number of aromatic amines is 1. The van der Waals surface area contributed by atoms with Crippen LogP contribution in [0, 0.1) is 5.82 Å². The summed E-state index contributed by atoms with van der Waals surface area (Å²) in [6.07, 6.45) is 0. The van der Waals surface area contributed by atoms with E-state index in [-0.39, 0.29) is 11.7 Å². The second kappa shape index (κ2) is 6.46. The van der Waals surface area contributed by atoms with E-state index < -0.39 is 6.04 Å². The Kier molecular flexibility index (Phi) is 3.79. The van der Waals surface area contributed by atoms with E-state index >= 15 is 0 Å². The highest BCUT2D eigenvalue weighted by Gasteiger charge is 2.43. The molecule has 1 aromatic heterocycles. The number of para-hydroxylation sites is 1. The van der Waals surface area contributed by atoms with Crippen molar-refractivity contribution >= 4 is 11.6 Å². The molecule has 5 rings (SSSR count). The van der Waals surface area contributed by atoms with Crippen LogP contribution in [0.5, 0.6) is 0 Å². The van der Waals surface area contributed by atoms with Gasteiger partial charge in [-0.1, -0.05) is 60.7 Å². The van der Waals surface area contributed by atoms with Gasteiger partial charge in [0.25, 0.3) is 5.91 Å². The lowest BCUT2D eigenvalue weighted by Gasteiger charge is -2.26. The predicted molar refractivity (Wildman–Crippen MR) is 106 cm³/mol. The number of nitrogens with one attached hydrogen (secondary N) is 1. The maximum Gasteiger partial charge on any atom is 0.277 e. The maximum absolute atomic E-state index is 14.0. The van der Waals surface area contributed by atoms with Crippen LogP contribution in [0.3, 0.4) is 0 Å². The summed E-state index contributed by atoms with van der Waals surface area (Å²) < 4.78 is 14.0. The number of aromatic nitrogens is 2. The number of anilines is 1. The molecular formula is C23H16FN3O. The fraction of sp³-hybridized carbons (Fsp3) is 0.0435. The number of benzene rings is 3. The second-order valence-electron chi connectivity index (χ2n) is 6.70. The van der Waals surface area contributed by atoms with E-state index in [1.165, 1.54) is 12.1 Å². The van der Waals surface area contributed by atoms with Crippen LogP contribution in [0.1, 0.15) is 27.7 Å². The third-order valence-corrected chi connectivity index (χ3v) is 5.01. The third kappa shape index (κ3) is 2.52. The fourth-order valence-corrected chi connectivity index (χ4v) is 3.81. The topological polar surface area (TPSA) is 49.0 Å². The van der Waals surface area contributed by atoms with Gasteiger partial charge in [0, 0.05) is 16.8 Å². The van der Waals surface area contributed by atoms with E-state index in [9.17, 15) is 9.18 Å². The van der Waals surface area contributed by atoms with E-state index in [2.05, 4.69) is 10.2 Å². The largest absolute Gasteiger partial charge is 0.295 e. The van der Waals surface area contributed by atoms with Gasteiger partial charge in [-0.3, -0.25) is 14.8 Å². The lowest BCUT2D eigenvalue weighted by atomic mass is 9.96. The molecule has 1 atom stereocenters. The molecule has 136 valence electrons. The van der Waals surface area contributed by atoms with Crippen LogP contribution in [0.25, 0.3) is 11.3 Å². The normalized spacial score (nSPS) is 15.7. The SMILES string of the molecule is O=C1c2[nH]nc(-c3ccccc3)c2[C@@H](c2cccc(F)c2)N1c1ccccc1. The molecule has 0 spiro atoms. The van der Waals surface area contributed by atoms with Crippen molar-refractivity contribution < 1.29 is 9.18 Å². The van der Waals surface area contributed by atoms with Gasteiger partial charge in [-0.2, -0.15) is 5.10 Å². The van der Waals surface area contributed by atoms with Crippen LogP contribution >= 0.6 is 0 Å². The summed E-state index contributed by atoms with van der Waals surface area (Å²) in [6, 6.07) is 25.1. The van der Waals surface area contributed by atoms with Crippen LogP contribution in [-0.4, -0.2) is 16.1 Å². The van der Waals surface area contributed by atoms with Gasteiger partial charge >= 0.3 is 0 Å². The van der Waals surface area contributed by atoms with Crippen LogP contribution in [0.2, 0.25) is 0 Å². The minimum Gasteiger partial charge on any atom is -0.295 e. The van der Waals surface area contributed by atoms with Crippen molar-refractivity contribution in [3.05, 3.63) is 108 Å². The molecule has 1 amide bonds. The average molecular weight is 369 g/mol. The maximum atomic E-state index is 14.0. The van der Waals surface area contributed by atoms with E-state index in [1.54, 1.807) is 11.0 Å². The molecule has 1 N–H and O–H groups in total. The fourth-order valence-electron chi connectivity index (χ4n) is 3.81. The number of rotatable bonds is 3. The summed E-state index contributed by atoms with van der Waals surface area (Å²) in [5.41, 5.74) is 4.28. The summed E-state index contributed by atoms with van der Waals surface area (Å²) >= 11 is 0. The highest BCUT2D eigenvalue weighted by molar-refractivity contribution is 6.11. The number of carbonyl (C=O) groups excluding carboxylic acids is 1. The molecule has 1 aliphatic rings.